The molecular weight excluding hydrogens is 242 g/mol. The summed E-state index contributed by atoms with van der Waals surface area (Å²) in [6, 6.07) is 0. The molecule has 94 valence electrons. The Labute approximate surface area is 102 Å². The summed E-state index contributed by atoms with van der Waals surface area (Å²) >= 11 is 0. The molecule has 1 aliphatic rings. The molecule has 1 unspecified atom stereocenters. The number of rotatable bonds is 2. The molecule has 2 bridgehead atoms. The molecule has 0 saturated heterocycles. The topological polar surface area (TPSA) is 81.2 Å². The lowest BCUT2D eigenvalue weighted by Gasteiger charge is -2.06. The average molecular weight is 257 g/mol. The van der Waals surface area contributed by atoms with Crippen molar-refractivity contribution in [1.82, 2.24) is 9.97 Å². The van der Waals surface area contributed by atoms with Gasteiger partial charge in [-0.25, -0.2) is 14.8 Å². The summed E-state index contributed by atoms with van der Waals surface area (Å²) in [5, 5.41) is 3.20. The zero-order valence-corrected chi connectivity index (χ0v) is 9.54. The third kappa shape index (κ3) is 2.79. The SMILES string of the molecule is C.CCOC(=O)c1cnc2nc1NCCS2=O. The third-order valence-corrected chi connectivity index (χ3v) is 3.22. The van der Waals surface area contributed by atoms with E-state index in [1.54, 1.807) is 6.92 Å². The Bertz CT molecular complexity index is 450. The normalized spacial score (nSPS) is 17.4. The highest BCUT2D eigenvalue weighted by Gasteiger charge is 2.20. The molecule has 0 fully saturated rings. The zero-order chi connectivity index (χ0) is 11.5. The van der Waals surface area contributed by atoms with Gasteiger partial charge in [0, 0.05) is 18.5 Å². The molecule has 1 aromatic rings. The van der Waals surface area contributed by atoms with Gasteiger partial charge in [-0.2, -0.15) is 0 Å². The number of hydrogen-bond donors (Lipinski definition) is 1. The molecule has 0 radical (unpaired) electrons. The van der Waals surface area contributed by atoms with E-state index in [0.717, 1.165) is 0 Å². The van der Waals surface area contributed by atoms with Gasteiger partial charge in [0.15, 0.2) is 0 Å². The van der Waals surface area contributed by atoms with E-state index in [2.05, 4.69) is 15.3 Å². The highest BCUT2D eigenvalue weighted by atomic mass is 32.2. The van der Waals surface area contributed by atoms with E-state index < -0.39 is 16.8 Å². The van der Waals surface area contributed by atoms with Gasteiger partial charge in [-0.1, -0.05) is 7.43 Å². The first kappa shape index (κ1) is 13.6. The molecule has 6 nitrogen and oxygen atoms in total. The molecule has 0 amide bonds. The second-order valence-electron chi connectivity index (χ2n) is 3.11. The number of hydrogen-bond acceptors (Lipinski definition) is 6. The van der Waals surface area contributed by atoms with Gasteiger partial charge in [-0.3, -0.25) is 4.21 Å². The van der Waals surface area contributed by atoms with Gasteiger partial charge in [0.05, 0.1) is 17.4 Å². The first-order valence-electron chi connectivity index (χ1n) is 4.88. The number of anilines is 1. The van der Waals surface area contributed by atoms with Crippen LogP contribution in [0, 0.1) is 0 Å². The van der Waals surface area contributed by atoms with Crippen molar-refractivity contribution in [2.24, 2.45) is 0 Å². The minimum absolute atomic E-state index is 0. The van der Waals surface area contributed by atoms with Crippen LogP contribution in [0.1, 0.15) is 24.7 Å². The van der Waals surface area contributed by atoms with Crippen LogP contribution >= 0.6 is 0 Å². The molecule has 17 heavy (non-hydrogen) atoms. The molecule has 1 aliphatic heterocycles. The molecule has 1 aromatic heterocycles. The van der Waals surface area contributed by atoms with E-state index in [1.807, 2.05) is 0 Å². The lowest BCUT2D eigenvalue weighted by molar-refractivity contribution is 0.0526. The summed E-state index contributed by atoms with van der Waals surface area (Å²) < 4.78 is 16.4. The molecule has 0 aromatic carbocycles. The predicted octanol–water partition coefficient (Wildman–Crippen LogP) is 0.822. The third-order valence-electron chi connectivity index (χ3n) is 2.05. The second-order valence-corrected chi connectivity index (χ2v) is 4.58. The van der Waals surface area contributed by atoms with Crippen molar-refractivity contribution in [3.8, 4) is 0 Å². The van der Waals surface area contributed by atoms with Crippen molar-refractivity contribution in [1.29, 1.82) is 0 Å². The Balaban J connectivity index is 0.00000144. The summed E-state index contributed by atoms with van der Waals surface area (Å²) in [5.74, 6) is 0.369. The van der Waals surface area contributed by atoms with Gasteiger partial charge in [0.1, 0.15) is 11.4 Å². The minimum Gasteiger partial charge on any atom is -0.462 e. The van der Waals surface area contributed by atoms with Gasteiger partial charge in [-0.05, 0) is 6.92 Å². The van der Waals surface area contributed by atoms with Crippen LogP contribution < -0.4 is 5.32 Å². The highest BCUT2D eigenvalue weighted by molar-refractivity contribution is 7.84. The summed E-state index contributed by atoms with van der Waals surface area (Å²) in [5.41, 5.74) is 0.282. The Morgan fingerprint density at radius 1 is 1.65 bits per heavy atom. The number of ether oxygens (including phenoxy) is 1. The van der Waals surface area contributed by atoms with Crippen LogP contribution in [0.15, 0.2) is 11.4 Å². The lowest BCUT2D eigenvalue weighted by atomic mass is 10.3. The molecule has 0 spiro atoms. The van der Waals surface area contributed by atoms with Gasteiger partial charge >= 0.3 is 5.97 Å². The number of esters is 1. The first-order valence-corrected chi connectivity index (χ1v) is 6.20. The smallest absolute Gasteiger partial charge is 0.343 e. The van der Waals surface area contributed by atoms with E-state index in [9.17, 15) is 9.00 Å². The van der Waals surface area contributed by atoms with Crippen LogP contribution in [0.25, 0.3) is 0 Å². The summed E-state index contributed by atoms with van der Waals surface area (Å²) in [6.07, 6.45) is 1.35. The van der Waals surface area contributed by atoms with Crippen LogP contribution in [-0.2, 0) is 15.5 Å². The molecule has 2 rings (SSSR count). The van der Waals surface area contributed by atoms with E-state index in [4.69, 9.17) is 4.74 Å². The number of fused-ring (bicyclic) bond motifs is 2. The van der Waals surface area contributed by atoms with Crippen molar-refractivity contribution in [2.45, 2.75) is 19.5 Å². The largest absolute Gasteiger partial charge is 0.462 e. The van der Waals surface area contributed by atoms with E-state index in [0.29, 0.717) is 24.7 Å². The fourth-order valence-corrected chi connectivity index (χ4v) is 2.16. The van der Waals surface area contributed by atoms with Crippen molar-refractivity contribution in [3.63, 3.8) is 0 Å². The van der Waals surface area contributed by atoms with E-state index in [-0.39, 0.29) is 18.1 Å². The monoisotopic (exact) mass is 257 g/mol. The number of carbonyl (C=O) groups is 1. The van der Waals surface area contributed by atoms with Crippen LogP contribution in [0.3, 0.4) is 0 Å². The zero-order valence-electron chi connectivity index (χ0n) is 8.73. The Morgan fingerprint density at radius 3 is 3.12 bits per heavy atom. The minimum atomic E-state index is -1.19. The predicted molar refractivity (Wildman–Crippen MR) is 64.5 cm³/mol. The molecule has 0 saturated carbocycles. The standard InChI is InChI=1S/C9H11N3O3S.CH4/c1-2-15-8(13)6-5-11-9-12-7(6)10-3-4-16(9)14;/h5H,2-4H2,1H3,(H,10,11,12);1H4. The van der Waals surface area contributed by atoms with Gasteiger partial charge < -0.3 is 10.1 Å². The Morgan fingerprint density at radius 2 is 2.41 bits per heavy atom. The molecule has 1 N–H and O–H groups in total. The highest BCUT2D eigenvalue weighted by Crippen LogP contribution is 2.17. The molecular formula is C10H15N3O3S. The Hall–Kier alpha value is -1.50. The average Bonchev–Trinajstić information content (AvgIpc) is 2.41. The lowest BCUT2D eigenvalue weighted by Crippen LogP contribution is -2.12. The second kappa shape index (κ2) is 5.72. The van der Waals surface area contributed by atoms with Crippen LogP contribution in [0.4, 0.5) is 5.82 Å². The van der Waals surface area contributed by atoms with Crippen molar-refractivity contribution >= 4 is 22.6 Å². The van der Waals surface area contributed by atoms with Gasteiger partial charge in [0.2, 0.25) is 5.16 Å². The summed E-state index contributed by atoms with van der Waals surface area (Å²) in [6.45, 7) is 2.53. The molecule has 1 atom stereocenters. The molecule has 2 heterocycles. The number of aromatic nitrogens is 2. The number of nitrogens with zero attached hydrogens (tertiary/aromatic N) is 2. The number of nitrogens with one attached hydrogen (secondary N) is 1. The fraction of sp³-hybridized carbons (Fsp3) is 0.500. The van der Waals surface area contributed by atoms with Crippen LogP contribution in [0.5, 0.6) is 0 Å². The summed E-state index contributed by atoms with van der Waals surface area (Å²) in [4.78, 5) is 19.5. The van der Waals surface area contributed by atoms with Crippen LogP contribution in [0.2, 0.25) is 0 Å². The number of carbonyl (C=O) groups excluding carboxylic acids is 1. The molecule has 0 aliphatic carbocycles. The van der Waals surface area contributed by atoms with Crippen molar-refractivity contribution in [2.75, 3.05) is 24.2 Å². The van der Waals surface area contributed by atoms with E-state index in [1.165, 1.54) is 6.20 Å². The van der Waals surface area contributed by atoms with Crippen molar-refractivity contribution < 1.29 is 13.7 Å². The van der Waals surface area contributed by atoms with E-state index >= 15 is 0 Å². The van der Waals surface area contributed by atoms with Gasteiger partial charge in [0.25, 0.3) is 0 Å². The maximum absolute atomic E-state index is 11.5. The first-order chi connectivity index (χ1) is 7.72. The van der Waals surface area contributed by atoms with Crippen molar-refractivity contribution in [3.05, 3.63) is 11.8 Å². The summed E-state index contributed by atoms with van der Waals surface area (Å²) in [7, 11) is -1.19. The van der Waals surface area contributed by atoms with Gasteiger partial charge in [-0.15, -0.1) is 0 Å². The van der Waals surface area contributed by atoms with Crippen LogP contribution in [-0.4, -0.2) is 39.1 Å². The fourth-order valence-electron chi connectivity index (χ4n) is 1.32. The maximum atomic E-state index is 11.5. The maximum Gasteiger partial charge on any atom is 0.343 e. The quantitative estimate of drug-likeness (QED) is 0.624. The Kier molecular flexibility index (Phi) is 4.56. The molecule has 7 heteroatoms.